The second kappa shape index (κ2) is 9.27. The van der Waals surface area contributed by atoms with Gasteiger partial charge in [0, 0.05) is 44.3 Å². The van der Waals surface area contributed by atoms with Gasteiger partial charge in [-0.1, -0.05) is 18.2 Å². The van der Waals surface area contributed by atoms with Crippen molar-refractivity contribution in [3.05, 3.63) is 47.9 Å². The molecule has 1 fully saturated rings. The summed E-state index contributed by atoms with van der Waals surface area (Å²) >= 11 is 0. The molecule has 8 nitrogen and oxygen atoms in total. The topological polar surface area (TPSA) is 90.5 Å². The van der Waals surface area contributed by atoms with Crippen molar-refractivity contribution in [3.8, 4) is 0 Å². The highest BCUT2D eigenvalue weighted by Gasteiger charge is 2.20. The molecule has 1 aromatic heterocycles. The van der Waals surface area contributed by atoms with Crippen LogP contribution in [0.15, 0.2) is 36.8 Å². The highest BCUT2D eigenvalue weighted by molar-refractivity contribution is 5.95. The van der Waals surface area contributed by atoms with Gasteiger partial charge in [0.15, 0.2) is 0 Å². The van der Waals surface area contributed by atoms with Gasteiger partial charge >= 0.3 is 0 Å². The highest BCUT2D eigenvalue weighted by Crippen LogP contribution is 2.19. The summed E-state index contributed by atoms with van der Waals surface area (Å²) in [5.74, 6) is 0.484. The number of rotatable bonds is 6. The number of aryl methyl sites for hydroxylation is 2. The normalized spacial score (nSPS) is 14.6. The van der Waals surface area contributed by atoms with E-state index in [-0.39, 0.29) is 24.9 Å². The van der Waals surface area contributed by atoms with E-state index >= 15 is 0 Å². The van der Waals surface area contributed by atoms with Crippen LogP contribution in [0.25, 0.3) is 0 Å². The predicted molar refractivity (Wildman–Crippen MR) is 108 cm³/mol. The van der Waals surface area contributed by atoms with Crippen molar-refractivity contribution in [1.29, 1.82) is 0 Å². The molecule has 28 heavy (non-hydrogen) atoms. The second-order valence-corrected chi connectivity index (χ2v) is 6.92. The number of hydrogen-bond donors (Lipinski definition) is 2. The van der Waals surface area contributed by atoms with Gasteiger partial charge in [-0.2, -0.15) is 0 Å². The lowest BCUT2D eigenvalue weighted by molar-refractivity contribution is -0.125. The zero-order valence-corrected chi connectivity index (χ0v) is 16.3. The van der Waals surface area contributed by atoms with Gasteiger partial charge in [-0.15, -0.1) is 0 Å². The lowest BCUT2D eigenvalue weighted by Crippen LogP contribution is -2.50. The van der Waals surface area contributed by atoms with Gasteiger partial charge in [-0.05, 0) is 25.0 Å². The average molecular weight is 382 g/mol. The zero-order chi connectivity index (χ0) is 19.9. The van der Waals surface area contributed by atoms with Crippen molar-refractivity contribution in [2.45, 2.75) is 13.8 Å². The maximum absolute atomic E-state index is 12.2. The molecule has 2 N–H and O–H groups in total. The van der Waals surface area contributed by atoms with Crippen LogP contribution in [0.4, 0.5) is 11.5 Å². The van der Waals surface area contributed by atoms with Crippen molar-refractivity contribution in [3.63, 3.8) is 0 Å². The lowest BCUT2D eigenvalue weighted by atomic mass is 10.1. The van der Waals surface area contributed by atoms with Crippen molar-refractivity contribution in [2.75, 3.05) is 49.5 Å². The number of amides is 2. The van der Waals surface area contributed by atoms with E-state index in [1.165, 1.54) is 0 Å². The Morgan fingerprint density at radius 1 is 1.04 bits per heavy atom. The fourth-order valence-electron chi connectivity index (χ4n) is 3.22. The molecule has 2 aromatic rings. The number of piperazine rings is 1. The average Bonchev–Trinajstić information content (AvgIpc) is 2.70. The van der Waals surface area contributed by atoms with Gasteiger partial charge in [0.1, 0.15) is 5.82 Å². The van der Waals surface area contributed by atoms with Crippen LogP contribution in [0.5, 0.6) is 0 Å². The molecule has 0 saturated carbocycles. The molecule has 1 aliphatic heterocycles. The molecule has 1 aromatic carbocycles. The molecular formula is C20H26N6O2. The summed E-state index contributed by atoms with van der Waals surface area (Å²) in [5, 5.41) is 5.58. The van der Waals surface area contributed by atoms with Crippen LogP contribution in [0.1, 0.15) is 11.1 Å². The minimum Gasteiger partial charge on any atom is -0.353 e. The Bertz CT molecular complexity index is 798. The van der Waals surface area contributed by atoms with E-state index in [0.29, 0.717) is 0 Å². The number of aromatic nitrogens is 2. The molecular weight excluding hydrogens is 356 g/mol. The third-order valence-corrected chi connectivity index (χ3v) is 4.80. The molecule has 0 bridgehead atoms. The van der Waals surface area contributed by atoms with Crippen LogP contribution in [0.3, 0.4) is 0 Å². The maximum atomic E-state index is 12.2. The largest absolute Gasteiger partial charge is 0.353 e. The number of anilines is 2. The van der Waals surface area contributed by atoms with Crippen molar-refractivity contribution < 1.29 is 9.59 Å². The Kier molecular flexibility index (Phi) is 6.54. The van der Waals surface area contributed by atoms with Crippen molar-refractivity contribution in [1.82, 2.24) is 20.2 Å². The molecule has 8 heteroatoms. The smallest absolute Gasteiger partial charge is 0.243 e. The van der Waals surface area contributed by atoms with Gasteiger partial charge in [-0.25, -0.2) is 4.98 Å². The predicted octanol–water partition coefficient (Wildman–Crippen LogP) is 0.970. The first-order chi connectivity index (χ1) is 13.5. The summed E-state index contributed by atoms with van der Waals surface area (Å²) in [7, 11) is 0. The highest BCUT2D eigenvalue weighted by atomic mass is 16.2. The minimum atomic E-state index is -0.224. The van der Waals surface area contributed by atoms with E-state index in [1.54, 1.807) is 18.6 Å². The monoisotopic (exact) mass is 382 g/mol. The first-order valence-electron chi connectivity index (χ1n) is 9.39. The third-order valence-electron chi connectivity index (χ3n) is 4.80. The lowest BCUT2D eigenvalue weighted by Gasteiger charge is -2.34. The molecule has 2 heterocycles. The van der Waals surface area contributed by atoms with Crippen LogP contribution < -0.4 is 15.5 Å². The molecule has 1 saturated heterocycles. The number of carbonyl (C=O) groups excluding carboxylic acids is 2. The van der Waals surface area contributed by atoms with Crippen LogP contribution in [-0.2, 0) is 9.59 Å². The Hall–Kier alpha value is -3.00. The Balaban J connectivity index is 1.40. The molecule has 0 spiro atoms. The van der Waals surface area contributed by atoms with E-state index in [1.807, 2.05) is 32.0 Å². The van der Waals surface area contributed by atoms with E-state index in [4.69, 9.17) is 0 Å². The maximum Gasteiger partial charge on any atom is 0.243 e. The molecule has 148 valence electrons. The van der Waals surface area contributed by atoms with Crippen LogP contribution in [0, 0.1) is 13.8 Å². The number of nitrogens with one attached hydrogen (secondary N) is 2. The number of carbonyl (C=O) groups is 2. The quantitative estimate of drug-likeness (QED) is 0.774. The molecule has 2 amide bonds. The molecule has 0 atom stereocenters. The van der Waals surface area contributed by atoms with E-state index in [9.17, 15) is 9.59 Å². The van der Waals surface area contributed by atoms with E-state index < -0.39 is 0 Å². The fraction of sp³-hybridized carbons (Fsp3) is 0.400. The van der Waals surface area contributed by atoms with Crippen LogP contribution in [-0.4, -0.2) is 66.0 Å². The molecule has 0 radical (unpaired) electrons. The number of nitrogens with zero attached hydrogens (tertiary/aromatic N) is 4. The number of para-hydroxylation sites is 1. The van der Waals surface area contributed by atoms with Gasteiger partial charge in [0.2, 0.25) is 11.8 Å². The van der Waals surface area contributed by atoms with E-state index in [0.717, 1.165) is 48.8 Å². The summed E-state index contributed by atoms with van der Waals surface area (Å²) in [4.78, 5) is 37.0. The zero-order valence-electron chi connectivity index (χ0n) is 16.3. The molecule has 0 unspecified atom stereocenters. The summed E-state index contributed by atoms with van der Waals surface area (Å²) in [5.41, 5.74) is 2.81. The van der Waals surface area contributed by atoms with Crippen molar-refractivity contribution in [2.24, 2.45) is 0 Å². The summed E-state index contributed by atoms with van der Waals surface area (Å²) in [6, 6.07) is 5.84. The molecule has 3 rings (SSSR count). The molecule has 0 aliphatic carbocycles. The number of benzene rings is 1. The van der Waals surface area contributed by atoms with Crippen molar-refractivity contribution >= 4 is 23.3 Å². The first-order valence-corrected chi connectivity index (χ1v) is 9.39. The Labute approximate surface area is 165 Å². The minimum absolute atomic E-state index is 0.0355. The summed E-state index contributed by atoms with van der Waals surface area (Å²) in [6.45, 7) is 7.25. The van der Waals surface area contributed by atoms with Gasteiger partial charge in [0.25, 0.3) is 0 Å². The first kappa shape index (κ1) is 19.8. The fourth-order valence-corrected chi connectivity index (χ4v) is 3.22. The third kappa shape index (κ3) is 5.26. The van der Waals surface area contributed by atoms with Gasteiger partial charge in [0.05, 0.1) is 19.3 Å². The Morgan fingerprint density at radius 3 is 2.39 bits per heavy atom. The SMILES string of the molecule is Cc1cccc(C)c1NC(=O)CNC(=O)CN1CCN(c2cnccn2)CC1. The summed E-state index contributed by atoms with van der Waals surface area (Å²) in [6.07, 6.45) is 5.08. The van der Waals surface area contributed by atoms with E-state index in [2.05, 4.69) is 30.4 Å². The second-order valence-electron chi connectivity index (χ2n) is 6.92. The van der Waals surface area contributed by atoms with Crippen LogP contribution in [0.2, 0.25) is 0 Å². The summed E-state index contributed by atoms with van der Waals surface area (Å²) < 4.78 is 0. The molecule has 1 aliphatic rings. The standard InChI is InChI=1S/C20H26N6O2/c1-15-4-3-5-16(2)20(15)24-18(27)13-23-19(28)14-25-8-10-26(11-9-25)17-12-21-6-7-22-17/h3-7,12H,8-11,13-14H2,1-2H3,(H,23,28)(H,24,27). The van der Waals surface area contributed by atoms with Gasteiger partial charge < -0.3 is 15.5 Å². The van der Waals surface area contributed by atoms with Gasteiger partial charge in [-0.3, -0.25) is 19.5 Å². The number of hydrogen-bond acceptors (Lipinski definition) is 6. The van der Waals surface area contributed by atoms with Crippen LogP contribution >= 0.6 is 0 Å². The Morgan fingerprint density at radius 2 is 1.75 bits per heavy atom.